The highest BCUT2D eigenvalue weighted by atomic mass is 19.1. The van der Waals surface area contributed by atoms with Crippen molar-refractivity contribution in [1.29, 1.82) is 0 Å². The quantitative estimate of drug-likeness (QED) is 0.740. The van der Waals surface area contributed by atoms with Crippen LogP contribution < -0.4 is 10.2 Å². The van der Waals surface area contributed by atoms with Crippen LogP contribution in [-0.2, 0) is 37.6 Å². The Morgan fingerprint density at radius 3 is 2.83 bits per heavy atom. The first-order chi connectivity index (χ1) is 14.2. The molecule has 7 heteroatoms. The predicted molar refractivity (Wildman–Crippen MR) is 108 cm³/mol. The van der Waals surface area contributed by atoms with E-state index in [4.69, 9.17) is 14.7 Å². The smallest absolute Gasteiger partial charge is 0.228 e. The van der Waals surface area contributed by atoms with Crippen LogP contribution in [0.15, 0.2) is 41.4 Å². The molecular formula is C22H18FN5O. The Bertz CT molecular complexity index is 1180. The summed E-state index contributed by atoms with van der Waals surface area (Å²) in [5.74, 6) is 1.19. The Kier molecular flexibility index (Phi) is 3.64. The van der Waals surface area contributed by atoms with Crippen molar-refractivity contribution < 1.29 is 9.13 Å². The Hall–Kier alpha value is -3.32. The summed E-state index contributed by atoms with van der Waals surface area (Å²) in [6, 6.07) is 11.2. The monoisotopic (exact) mass is 387 g/mol. The summed E-state index contributed by atoms with van der Waals surface area (Å²) in [7, 11) is 0. The number of hydrogen-bond donors (Lipinski definition) is 1. The zero-order valence-corrected chi connectivity index (χ0v) is 15.7. The molecule has 0 atom stereocenters. The second-order valence-electron chi connectivity index (χ2n) is 7.57. The first-order valence-corrected chi connectivity index (χ1v) is 9.62. The Labute approximate surface area is 167 Å². The SMILES string of the molecule is Fc1ccc2c(c1)CN(c1nc3c(c(Nc4ccc5c(c4)C=NC5)n1)COC3)C2. The standard InChI is InChI=1S/C22H18FN5O/c23-17-3-1-14-9-28(10-16(14)5-17)22-26-20-12-29-11-19(20)21(27-22)25-18-4-2-13-7-24-8-15(13)6-18/h1-6,8H,7,9-12H2,(H,25,26,27). The number of ether oxygens (including phenoxy) is 1. The second kappa shape index (κ2) is 6.35. The maximum atomic E-state index is 13.6. The highest BCUT2D eigenvalue weighted by Gasteiger charge is 2.26. The highest BCUT2D eigenvalue weighted by Crippen LogP contribution is 2.33. The summed E-state index contributed by atoms with van der Waals surface area (Å²) in [4.78, 5) is 15.9. The third-order valence-corrected chi connectivity index (χ3v) is 5.64. The molecule has 0 saturated heterocycles. The number of halogens is 1. The first-order valence-electron chi connectivity index (χ1n) is 9.62. The van der Waals surface area contributed by atoms with E-state index in [0.717, 1.165) is 46.0 Å². The molecule has 0 fully saturated rings. The van der Waals surface area contributed by atoms with E-state index in [1.807, 2.05) is 18.3 Å². The first kappa shape index (κ1) is 16.6. The lowest BCUT2D eigenvalue weighted by Crippen LogP contribution is -2.19. The minimum absolute atomic E-state index is 0.212. The lowest BCUT2D eigenvalue weighted by atomic mass is 10.1. The predicted octanol–water partition coefficient (Wildman–Crippen LogP) is 3.84. The third-order valence-electron chi connectivity index (χ3n) is 5.64. The Balaban J connectivity index is 1.34. The average Bonchev–Trinajstić information content (AvgIpc) is 3.45. The summed E-state index contributed by atoms with van der Waals surface area (Å²) < 4.78 is 19.2. The minimum atomic E-state index is -0.212. The molecule has 29 heavy (non-hydrogen) atoms. The van der Waals surface area contributed by atoms with Crippen LogP contribution in [0, 0.1) is 5.82 Å². The van der Waals surface area contributed by atoms with Gasteiger partial charge in [-0.15, -0.1) is 0 Å². The summed E-state index contributed by atoms with van der Waals surface area (Å²) in [5, 5.41) is 3.45. The van der Waals surface area contributed by atoms with Gasteiger partial charge in [0, 0.05) is 30.6 Å². The molecular weight excluding hydrogens is 369 g/mol. The molecule has 3 aliphatic rings. The summed E-state index contributed by atoms with van der Waals surface area (Å²) in [6.45, 7) is 2.99. The molecule has 6 nitrogen and oxygen atoms in total. The molecule has 1 aromatic heterocycles. The summed E-state index contributed by atoms with van der Waals surface area (Å²) in [6.07, 6.45) is 1.90. The maximum absolute atomic E-state index is 13.6. The van der Waals surface area contributed by atoms with Crippen molar-refractivity contribution in [3.63, 3.8) is 0 Å². The van der Waals surface area contributed by atoms with E-state index in [0.29, 0.717) is 32.3 Å². The zero-order valence-electron chi connectivity index (χ0n) is 15.7. The van der Waals surface area contributed by atoms with Gasteiger partial charge in [0.1, 0.15) is 11.6 Å². The fourth-order valence-electron chi connectivity index (χ4n) is 4.10. The van der Waals surface area contributed by atoms with Crippen LogP contribution in [-0.4, -0.2) is 16.2 Å². The average molecular weight is 387 g/mol. The Morgan fingerprint density at radius 2 is 1.86 bits per heavy atom. The van der Waals surface area contributed by atoms with Gasteiger partial charge in [-0.05, 0) is 46.5 Å². The van der Waals surface area contributed by atoms with Gasteiger partial charge in [-0.1, -0.05) is 12.1 Å². The number of benzene rings is 2. The number of hydrogen-bond acceptors (Lipinski definition) is 6. The fraction of sp³-hybridized carbons (Fsp3) is 0.227. The van der Waals surface area contributed by atoms with Crippen molar-refractivity contribution in [2.45, 2.75) is 32.8 Å². The van der Waals surface area contributed by atoms with Crippen LogP contribution >= 0.6 is 0 Å². The van der Waals surface area contributed by atoms with Gasteiger partial charge < -0.3 is 15.0 Å². The Morgan fingerprint density at radius 1 is 0.966 bits per heavy atom. The number of nitrogens with one attached hydrogen (secondary N) is 1. The number of rotatable bonds is 3. The fourth-order valence-corrected chi connectivity index (χ4v) is 4.10. The van der Waals surface area contributed by atoms with E-state index in [-0.39, 0.29) is 5.82 Å². The van der Waals surface area contributed by atoms with E-state index in [1.54, 1.807) is 6.07 Å². The van der Waals surface area contributed by atoms with E-state index in [2.05, 4.69) is 27.3 Å². The molecule has 3 aliphatic heterocycles. The van der Waals surface area contributed by atoms with Crippen molar-refractivity contribution in [1.82, 2.24) is 9.97 Å². The third kappa shape index (κ3) is 2.86. The van der Waals surface area contributed by atoms with Gasteiger partial charge in [-0.3, -0.25) is 4.99 Å². The van der Waals surface area contributed by atoms with Gasteiger partial charge >= 0.3 is 0 Å². The van der Waals surface area contributed by atoms with Crippen molar-refractivity contribution in [3.8, 4) is 0 Å². The highest BCUT2D eigenvalue weighted by molar-refractivity contribution is 5.86. The maximum Gasteiger partial charge on any atom is 0.228 e. The van der Waals surface area contributed by atoms with Crippen LogP contribution in [0.25, 0.3) is 0 Å². The number of nitrogens with zero attached hydrogens (tertiary/aromatic N) is 4. The summed E-state index contributed by atoms with van der Waals surface area (Å²) in [5.41, 5.74) is 7.32. The van der Waals surface area contributed by atoms with Crippen molar-refractivity contribution in [2.24, 2.45) is 4.99 Å². The molecule has 144 valence electrons. The number of aliphatic imine (C=N–C) groups is 1. The van der Waals surface area contributed by atoms with Gasteiger partial charge in [0.2, 0.25) is 5.95 Å². The molecule has 6 rings (SSSR count). The molecule has 0 saturated carbocycles. The topological polar surface area (TPSA) is 62.6 Å². The van der Waals surface area contributed by atoms with Gasteiger partial charge in [0.15, 0.2) is 0 Å². The van der Waals surface area contributed by atoms with Crippen LogP contribution in [0.2, 0.25) is 0 Å². The van der Waals surface area contributed by atoms with Crippen molar-refractivity contribution >= 4 is 23.7 Å². The molecule has 0 aliphatic carbocycles. The van der Waals surface area contributed by atoms with E-state index in [9.17, 15) is 4.39 Å². The molecule has 2 aromatic carbocycles. The molecule has 0 spiro atoms. The molecule has 3 aromatic rings. The lowest BCUT2D eigenvalue weighted by molar-refractivity contribution is 0.133. The summed E-state index contributed by atoms with van der Waals surface area (Å²) >= 11 is 0. The van der Waals surface area contributed by atoms with Crippen molar-refractivity contribution in [2.75, 3.05) is 10.2 Å². The minimum Gasteiger partial charge on any atom is -0.370 e. The van der Waals surface area contributed by atoms with Gasteiger partial charge in [0.25, 0.3) is 0 Å². The van der Waals surface area contributed by atoms with Crippen molar-refractivity contribution in [3.05, 3.63) is 75.7 Å². The molecule has 0 radical (unpaired) electrons. The molecule has 1 N–H and O–H groups in total. The molecule has 0 unspecified atom stereocenters. The van der Waals surface area contributed by atoms with E-state index < -0.39 is 0 Å². The van der Waals surface area contributed by atoms with E-state index >= 15 is 0 Å². The second-order valence-corrected chi connectivity index (χ2v) is 7.57. The molecule has 4 heterocycles. The van der Waals surface area contributed by atoms with Crippen LogP contribution in [0.1, 0.15) is 33.5 Å². The van der Waals surface area contributed by atoms with Crippen LogP contribution in [0.3, 0.4) is 0 Å². The van der Waals surface area contributed by atoms with Crippen LogP contribution in [0.4, 0.5) is 21.8 Å². The van der Waals surface area contributed by atoms with E-state index in [1.165, 1.54) is 11.6 Å². The van der Waals surface area contributed by atoms with Gasteiger partial charge in [0.05, 0.1) is 25.5 Å². The van der Waals surface area contributed by atoms with Crippen LogP contribution in [0.5, 0.6) is 0 Å². The number of anilines is 3. The lowest BCUT2D eigenvalue weighted by Gasteiger charge is -2.18. The number of fused-ring (bicyclic) bond motifs is 3. The van der Waals surface area contributed by atoms with Gasteiger partial charge in [-0.25, -0.2) is 9.37 Å². The largest absolute Gasteiger partial charge is 0.370 e. The number of aromatic nitrogens is 2. The molecule has 0 amide bonds. The zero-order chi connectivity index (χ0) is 19.4. The normalized spacial score (nSPS) is 16.1. The van der Waals surface area contributed by atoms with Gasteiger partial charge in [-0.2, -0.15) is 4.98 Å². The molecule has 0 bridgehead atoms.